The molecule has 0 saturated heterocycles. The van der Waals surface area contributed by atoms with Crippen LogP contribution in [0.2, 0.25) is 0 Å². The molecule has 7 heteroatoms. The van der Waals surface area contributed by atoms with Gasteiger partial charge < -0.3 is 16.0 Å². The number of pyridine rings is 1. The third-order valence-electron chi connectivity index (χ3n) is 4.22. The third kappa shape index (κ3) is 3.76. The van der Waals surface area contributed by atoms with E-state index in [0.29, 0.717) is 17.3 Å². The molecule has 0 saturated carbocycles. The number of rotatable bonds is 3. The molecule has 3 heterocycles. The minimum atomic E-state index is -0.127. The van der Waals surface area contributed by atoms with Gasteiger partial charge in [-0.3, -0.25) is 4.79 Å². The van der Waals surface area contributed by atoms with Gasteiger partial charge in [0.25, 0.3) is 0 Å². The lowest BCUT2D eigenvalue weighted by atomic mass is 10.0. The second kappa shape index (κ2) is 8.12. The number of aromatic nitrogens is 3. The van der Waals surface area contributed by atoms with E-state index in [2.05, 4.69) is 34.1 Å². The minimum absolute atomic E-state index is 0.0776. The maximum atomic E-state index is 12.3. The summed E-state index contributed by atoms with van der Waals surface area (Å²) in [6.07, 6.45) is 1.66. The molecule has 2 aromatic heterocycles. The number of hydrogen-bond donors (Lipinski definition) is 2. The number of aryl methyl sites for hydroxylation is 1. The van der Waals surface area contributed by atoms with Gasteiger partial charge >= 0.3 is 0 Å². The molecule has 1 unspecified atom stereocenters. The molecule has 0 spiro atoms. The highest BCUT2D eigenvalue weighted by Gasteiger charge is 2.31. The number of nitrogen functional groups attached to an aromatic ring is 1. The molecule has 26 heavy (non-hydrogen) atoms. The SMILES string of the molecule is CC.Cc1nc(C(C)C)c2c(n1)N(C(C)c1cccnc1N)CC(=O)N2. The topological polar surface area (TPSA) is 97.0 Å². The monoisotopic (exact) mass is 356 g/mol. The van der Waals surface area contributed by atoms with Crippen molar-refractivity contribution in [1.82, 2.24) is 15.0 Å². The zero-order valence-electron chi connectivity index (χ0n) is 16.4. The first-order chi connectivity index (χ1) is 12.4. The van der Waals surface area contributed by atoms with Crippen molar-refractivity contribution in [3.05, 3.63) is 35.4 Å². The molecule has 2 aromatic rings. The third-order valence-corrected chi connectivity index (χ3v) is 4.22. The Labute approximate surface area is 155 Å². The van der Waals surface area contributed by atoms with Crippen molar-refractivity contribution in [3.63, 3.8) is 0 Å². The summed E-state index contributed by atoms with van der Waals surface area (Å²) >= 11 is 0. The van der Waals surface area contributed by atoms with Gasteiger partial charge in [0.05, 0.1) is 18.3 Å². The van der Waals surface area contributed by atoms with E-state index in [1.54, 1.807) is 6.20 Å². The molecule has 3 N–H and O–H groups in total. The van der Waals surface area contributed by atoms with Gasteiger partial charge in [-0.2, -0.15) is 0 Å². The van der Waals surface area contributed by atoms with E-state index in [1.165, 1.54) is 0 Å². The molecule has 0 bridgehead atoms. The number of carbonyl (C=O) groups is 1. The zero-order chi connectivity index (χ0) is 19.4. The molecule has 0 aliphatic carbocycles. The zero-order valence-corrected chi connectivity index (χ0v) is 16.4. The number of hydrogen-bond acceptors (Lipinski definition) is 6. The van der Waals surface area contributed by atoms with E-state index in [9.17, 15) is 4.79 Å². The van der Waals surface area contributed by atoms with Crippen LogP contribution in [0, 0.1) is 6.92 Å². The Morgan fingerprint density at radius 3 is 2.54 bits per heavy atom. The Kier molecular flexibility index (Phi) is 6.13. The molecule has 0 radical (unpaired) electrons. The fraction of sp³-hybridized carbons (Fsp3) is 0.474. The number of fused-ring (bicyclic) bond motifs is 1. The van der Waals surface area contributed by atoms with Crippen LogP contribution in [0.5, 0.6) is 0 Å². The van der Waals surface area contributed by atoms with Crippen LogP contribution in [-0.2, 0) is 4.79 Å². The summed E-state index contributed by atoms with van der Waals surface area (Å²) < 4.78 is 0. The number of amides is 1. The molecule has 1 atom stereocenters. The average molecular weight is 356 g/mol. The van der Waals surface area contributed by atoms with Crippen LogP contribution in [0.1, 0.15) is 63.7 Å². The van der Waals surface area contributed by atoms with Crippen LogP contribution in [0.3, 0.4) is 0 Å². The van der Waals surface area contributed by atoms with Crippen LogP contribution in [0.4, 0.5) is 17.3 Å². The summed E-state index contributed by atoms with van der Waals surface area (Å²) in [5, 5.41) is 2.94. The molecule has 1 aliphatic heterocycles. The smallest absolute Gasteiger partial charge is 0.244 e. The average Bonchev–Trinajstić information content (AvgIpc) is 2.62. The molecule has 7 nitrogen and oxygen atoms in total. The predicted octanol–water partition coefficient (Wildman–Crippen LogP) is 3.43. The van der Waals surface area contributed by atoms with E-state index in [4.69, 9.17) is 5.73 Å². The second-order valence-electron chi connectivity index (χ2n) is 6.34. The van der Waals surface area contributed by atoms with Gasteiger partial charge in [0.15, 0.2) is 5.82 Å². The van der Waals surface area contributed by atoms with E-state index >= 15 is 0 Å². The van der Waals surface area contributed by atoms with E-state index in [0.717, 1.165) is 17.1 Å². The summed E-state index contributed by atoms with van der Waals surface area (Å²) in [5.41, 5.74) is 8.44. The van der Waals surface area contributed by atoms with Crippen LogP contribution >= 0.6 is 0 Å². The van der Waals surface area contributed by atoms with Crippen molar-refractivity contribution in [3.8, 4) is 0 Å². The molecule has 0 aromatic carbocycles. The first kappa shape index (κ1) is 19.6. The highest BCUT2D eigenvalue weighted by Crippen LogP contribution is 2.38. The molecule has 1 aliphatic rings. The minimum Gasteiger partial charge on any atom is -0.383 e. The second-order valence-corrected chi connectivity index (χ2v) is 6.34. The van der Waals surface area contributed by atoms with E-state index in [1.807, 2.05) is 44.7 Å². The van der Waals surface area contributed by atoms with Crippen LogP contribution in [0.25, 0.3) is 0 Å². The van der Waals surface area contributed by atoms with Gasteiger partial charge in [0.2, 0.25) is 5.91 Å². The summed E-state index contributed by atoms with van der Waals surface area (Å²) in [6, 6.07) is 3.65. The van der Waals surface area contributed by atoms with Gasteiger partial charge in [-0.05, 0) is 25.8 Å². The molecule has 3 rings (SSSR count). The van der Waals surface area contributed by atoms with Crippen molar-refractivity contribution in [2.45, 2.75) is 53.5 Å². The molecule has 1 amide bonds. The normalized spacial score (nSPS) is 14.3. The van der Waals surface area contributed by atoms with Crippen molar-refractivity contribution in [1.29, 1.82) is 0 Å². The molecular formula is C19H28N6O. The number of nitrogens with two attached hydrogens (primary N) is 1. The van der Waals surface area contributed by atoms with E-state index < -0.39 is 0 Å². The van der Waals surface area contributed by atoms with E-state index in [-0.39, 0.29) is 24.4 Å². The van der Waals surface area contributed by atoms with Crippen LogP contribution in [0.15, 0.2) is 18.3 Å². The molecule has 0 fully saturated rings. The highest BCUT2D eigenvalue weighted by atomic mass is 16.2. The maximum absolute atomic E-state index is 12.3. The van der Waals surface area contributed by atoms with Gasteiger partial charge in [0, 0.05) is 11.8 Å². The Morgan fingerprint density at radius 1 is 1.23 bits per heavy atom. The van der Waals surface area contributed by atoms with Crippen LogP contribution < -0.4 is 16.0 Å². The van der Waals surface area contributed by atoms with Crippen molar-refractivity contribution < 1.29 is 4.79 Å². The standard InChI is InChI=1S/C17H22N6O.C2H6/c1-9(2)14-15-17(21-11(4)20-14)23(8-13(24)22-15)10(3)12-6-5-7-19-16(12)18;1-2/h5-7,9-10H,8H2,1-4H3,(H2,18,19)(H,22,24);1-2H3. The number of anilines is 3. The fourth-order valence-corrected chi connectivity index (χ4v) is 3.00. The Bertz CT molecular complexity index is 790. The van der Waals surface area contributed by atoms with Crippen molar-refractivity contribution in [2.24, 2.45) is 0 Å². The van der Waals surface area contributed by atoms with Gasteiger partial charge in [-0.25, -0.2) is 15.0 Å². The Hall–Kier alpha value is -2.70. The van der Waals surface area contributed by atoms with Crippen molar-refractivity contribution in [2.75, 3.05) is 22.5 Å². The van der Waals surface area contributed by atoms with Gasteiger partial charge in [-0.15, -0.1) is 0 Å². The lowest BCUT2D eigenvalue weighted by molar-refractivity contribution is -0.115. The lowest BCUT2D eigenvalue weighted by Crippen LogP contribution is -2.41. The summed E-state index contributed by atoms with van der Waals surface area (Å²) in [7, 11) is 0. The van der Waals surface area contributed by atoms with Gasteiger partial charge in [-0.1, -0.05) is 33.8 Å². The summed E-state index contributed by atoms with van der Waals surface area (Å²) in [4.78, 5) is 27.5. The Morgan fingerprint density at radius 2 is 1.92 bits per heavy atom. The molecule has 140 valence electrons. The predicted molar refractivity (Wildman–Crippen MR) is 105 cm³/mol. The fourth-order valence-electron chi connectivity index (χ4n) is 3.00. The summed E-state index contributed by atoms with van der Waals surface area (Å²) in [5.74, 6) is 1.99. The maximum Gasteiger partial charge on any atom is 0.244 e. The summed E-state index contributed by atoms with van der Waals surface area (Å²) in [6.45, 7) is 12.2. The largest absolute Gasteiger partial charge is 0.383 e. The number of nitrogens with one attached hydrogen (secondary N) is 1. The molecular weight excluding hydrogens is 328 g/mol. The first-order valence-electron chi connectivity index (χ1n) is 9.04. The number of nitrogens with zero attached hydrogens (tertiary/aromatic N) is 4. The number of carbonyl (C=O) groups excluding carboxylic acids is 1. The first-order valence-corrected chi connectivity index (χ1v) is 9.04. The highest BCUT2D eigenvalue weighted by molar-refractivity contribution is 6.01. The quantitative estimate of drug-likeness (QED) is 0.874. The Balaban J connectivity index is 0.00000117. The van der Waals surface area contributed by atoms with Crippen molar-refractivity contribution >= 4 is 23.2 Å². The van der Waals surface area contributed by atoms with Crippen LogP contribution in [-0.4, -0.2) is 27.4 Å². The van der Waals surface area contributed by atoms with Gasteiger partial charge in [0.1, 0.15) is 17.3 Å². The lowest BCUT2D eigenvalue weighted by Gasteiger charge is -2.36.